The van der Waals surface area contributed by atoms with Crippen LogP contribution in [0.3, 0.4) is 0 Å². The summed E-state index contributed by atoms with van der Waals surface area (Å²) < 4.78 is 5.25. The molecule has 0 aliphatic rings. The van der Waals surface area contributed by atoms with Gasteiger partial charge in [0.1, 0.15) is 6.61 Å². The van der Waals surface area contributed by atoms with Crippen molar-refractivity contribution in [3.8, 4) is 0 Å². The van der Waals surface area contributed by atoms with Crippen LogP contribution >= 0.6 is 0 Å². The number of rotatable bonds is 5. The predicted octanol–water partition coefficient (Wildman–Crippen LogP) is 3.49. The van der Waals surface area contributed by atoms with Crippen LogP contribution in [0.5, 0.6) is 0 Å². The molecule has 0 radical (unpaired) electrons. The van der Waals surface area contributed by atoms with E-state index >= 15 is 0 Å². The van der Waals surface area contributed by atoms with Crippen molar-refractivity contribution in [2.45, 2.75) is 32.8 Å². The molecule has 0 atom stereocenters. The van der Waals surface area contributed by atoms with E-state index in [1.54, 1.807) is 6.20 Å². The van der Waals surface area contributed by atoms with Crippen LogP contribution < -0.4 is 0 Å². The molecule has 0 fully saturated rings. The van der Waals surface area contributed by atoms with Crippen LogP contribution in [0.4, 0.5) is 0 Å². The van der Waals surface area contributed by atoms with Crippen molar-refractivity contribution in [1.82, 2.24) is 4.98 Å². The zero-order valence-electron chi connectivity index (χ0n) is 11.9. The van der Waals surface area contributed by atoms with Gasteiger partial charge in [-0.15, -0.1) is 0 Å². The van der Waals surface area contributed by atoms with Crippen LogP contribution in [-0.4, -0.2) is 11.0 Å². The fourth-order valence-corrected chi connectivity index (χ4v) is 1.89. The van der Waals surface area contributed by atoms with Crippen molar-refractivity contribution >= 4 is 5.97 Å². The van der Waals surface area contributed by atoms with Crippen molar-refractivity contribution in [3.05, 3.63) is 65.5 Å². The maximum Gasteiger partial charge on any atom is 0.312 e. The van der Waals surface area contributed by atoms with Gasteiger partial charge in [0.25, 0.3) is 0 Å². The Morgan fingerprint density at radius 1 is 1.20 bits per heavy atom. The van der Waals surface area contributed by atoms with Crippen LogP contribution in [0.25, 0.3) is 0 Å². The Kier molecular flexibility index (Phi) is 4.88. The lowest BCUT2D eigenvalue weighted by atomic mass is 10.0. The molecule has 3 nitrogen and oxygen atoms in total. The highest BCUT2D eigenvalue weighted by atomic mass is 16.5. The molecule has 0 saturated heterocycles. The van der Waals surface area contributed by atoms with Gasteiger partial charge in [-0.2, -0.15) is 0 Å². The number of hydrogen-bond acceptors (Lipinski definition) is 3. The fourth-order valence-electron chi connectivity index (χ4n) is 1.89. The van der Waals surface area contributed by atoms with Crippen molar-refractivity contribution in [3.63, 3.8) is 0 Å². The first-order chi connectivity index (χ1) is 9.65. The van der Waals surface area contributed by atoms with Crippen LogP contribution in [0.2, 0.25) is 0 Å². The Hall–Kier alpha value is -2.16. The Bertz CT molecular complexity index is 564. The standard InChI is InChI=1S/C17H19NO2/c1-13(2)15-8-9-18-16(10-15)11-17(19)20-12-14-6-4-3-5-7-14/h3-10,13H,11-12H2,1-2H3. The van der Waals surface area contributed by atoms with E-state index in [-0.39, 0.29) is 12.4 Å². The molecule has 1 aromatic heterocycles. The van der Waals surface area contributed by atoms with E-state index in [1.165, 1.54) is 5.56 Å². The third-order valence-corrected chi connectivity index (χ3v) is 3.08. The molecule has 1 aromatic carbocycles. The summed E-state index contributed by atoms with van der Waals surface area (Å²) in [5, 5.41) is 0. The summed E-state index contributed by atoms with van der Waals surface area (Å²) in [7, 11) is 0. The molecular formula is C17H19NO2. The Labute approximate surface area is 119 Å². The number of aromatic nitrogens is 1. The molecule has 1 heterocycles. The minimum absolute atomic E-state index is 0.216. The minimum Gasteiger partial charge on any atom is -0.461 e. The maximum atomic E-state index is 11.8. The van der Waals surface area contributed by atoms with Gasteiger partial charge < -0.3 is 4.74 Å². The third-order valence-electron chi connectivity index (χ3n) is 3.08. The lowest BCUT2D eigenvalue weighted by Crippen LogP contribution is -2.09. The molecule has 104 valence electrons. The second kappa shape index (κ2) is 6.85. The van der Waals surface area contributed by atoms with Gasteiger partial charge in [-0.1, -0.05) is 44.2 Å². The minimum atomic E-state index is -0.248. The summed E-state index contributed by atoms with van der Waals surface area (Å²) >= 11 is 0. The van der Waals surface area contributed by atoms with Crippen LogP contribution in [-0.2, 0) is 22.6 Å². The summed E-state index contributed by atoms with van der Waals surface area (Å²) in [6.45, 7) is 4.54. The highest BCUT2D eigenvalue weighted by Crippen LogP contribution is 2.14. The van der Waals surface area contributed by atoms with E-state index in [9.17, 15) is 4.79 Å². The van der Waals surface area contributed by atoms with E-state index < -0.39 is 0 Å². The van der Waals surface area contributed by atoms with E-state index in [0.717, 1.165) is 11.3 Å². The number of carbonyl (C=O) groups is 1. The summed E-state index contributed by atoms with van der Waals surface area (Å²) in [5.74, 6) is 0.180. The molecular weight excluding hydrogens is 250 g/mol. The molecule has 0 aliphatic carbocycles. The van der Waals surface area contributed by atoms with E-state index in [4.69, 9.17) is 4.74 Å². The Balaban J connectivity index is 1.90. The molecule has 0 amide bonds. The third kappa shape index (κ3) is 4.19. The smallest absolute Gasteiger partial charge is 0.312 e. The highest BCUT2D eigenvalue weighted by Gasteiger charge is 2.08. The molecule has 0 spiro atoms. The monoisotopic (exact) mass is 269 g/mol. The summed E-state index contributed by atoms with van der Waals surface area (Å²) in [5.41, 5.74) is 2.94. The zero-order chi connectivity index (χ0) is 14.4. The summed E-state index contributed by atoms with van der Waals surface area (Å²) in [6.07, 6.45) is 1.96. The number of benzene rings is 1. The van der Waals surface area contributed by atoms with Gasteiger partial charge in [0.2, 0.25) is 0 Å². The SMILES string of the molecule is CC(C)c1ccnc(CC(=O)OCc2ccccc2)c1. The highest BCUT2D eigenvalue weighted by molar-refractivity contribution is 5.72. The van der Waals surface area contributed by atoms with Crippen molar-refractivity contribution in [1.29, 1.82) is 0 Å². The number of hydrogen-bond donors (Lipinski definition) is 0. The molecule has 0 saturated carbocycles. The van der Waals surface area contributed by atoms with Gasteiger partial charge in [0.05, 0.1) is 12.1 Å². The number of pyridine rings is 1. The largest absolute Gasteiger partial charge is 0.461 e. The molecule has 3 heteroatoms. The van der Waals surface area contributed by atoms with E-state index in [1.807, 2.05) is 42.5 Å². The molecule has 2 aromatic rings. The summed E-state index contributed by atoms with van der Waals surface area (Å²) in [4.78, 5) is 16.0. The Morgan fingerprint density at radius 3 is 2.65 bits per heavy atom. The lowest BCUT2D eigenvalue weighted by molar-refractivity contribution is -0.144. The number of esters is 1. The molecule has 0 bridgehead atoms. The van der Waals surface area contributed by atoms with Gasteiger partial charge in [0, 0.05) is 6.20 Å². The van der Waals surface area contributed by atoms with Gasteiger partial charge in [0.15, 0.2) is 0 Å². The van der Waals surface area contributed by atoms with Crippen molar-refractivity contribution in [2.24, 2.45) is 0 Å². The molecule has 0 N–H and O–H groups in total. The first-order valence-corrected chi connectivity index (χ1v) is 6.79. The molecule has 0 unspecified atom stereocenters. The summed E-state index contributed by atoms with van der Waals surface area (Å²) in [6, 6.07) is 13.6. The van der Waals surface area contributed by atoms with Gasteiger partial charge in [-0.05, 0) is 29.2 Å². The van der Waals surface area contributed by atoms with Crippen molar-refractivity contribution < 1.29 is 9.53 Å². The van der Waals surface area contributed by atoms with Gasteiger partial charge in [-0.3, -0.25) is 9.78 Å². The molecule has 0 aliphatic heterocycles. The quantitative estimate of drug-likeness (QED) is 0.780. The van der Waals surface area contributed by atoms with Crippen molar-refractivity contribution in [2.75, 3.05) is 0 Å². The topological polar surface area (TPSA) is 39.2 Å². The number of nitrogens with zero attached hydrogens (tertiary/aromatic N) is 1. The lowest BCUT2D eigenvalue weighted by Gasteiger charge is -2.08. The number of ether oxygens (including phenoxy) is 1. The van der Waals surface area contributed by atoms with E-state index in [2.05, 4.69) is 18.8 Å². The average Bonchev–Trinajstić information content (AvgIpc) is 2.46. The van der Waals surface area contributed by atoms with Crippen LogP contribution in [0.1, 0.15) is 36.6 Å². The second-order valence-corrected chi connectivity index (χ2v) is 5.06. The normalized spacial score (nSPS) is 10.6. The van der Waals surface area contributed by atoms with Crippen LogP contribution in [0.15, 0.2) is 48.7 Å². The average molecular weight is 269 g/mol. The van der Waals surface area contributed by atoms with E-state index in [0.29, 0.717) is 12.5 Å². The molecule has 20 heavy (non-hydrogen) atoms. The van der Waals surface area contributed by atoms with Gasteiger partial charge in [-0.25, -0.2) is 0 Å². The number of carbonyl (C=O) groups excluding carboxylic acids is 1. The second-order valence-electron chi connectivity index (χ2n) is 5.06. The first-order valence-electron chi connectivity index (χ1n) is 6.79. The molecule has 2 rings (SSSR count). The Morgan fingerprint density at radius 2 is 1.95 bits per heavy atom. The fraction of sp³-hybridized carbons (Fsp3) is 0.294. The zero-order valence-corrected chi connectivity index (χ0v) is 11.9. The predicted molar refractivity (Wildman–Crippen MR) is 78.3 cm³/mol. The van der Waals surface area contributed by atoms with Crippen LogP contribution in [0, 0.1) is 0 Å². The van der Waals surface area contributed by atoms with Gasteiger partial charge >= 0.3 is 5.97 Å². The first kappa shape index (κ1) is 14.3. The maximum absolute atomic E-state index is 11.8.